The van der Waals surface area contributed by atoms with Gasteiger partial charge in [0, 0.05) is 11.1 Å². The standard InChI is InChI=1S/C23H23N3O4S/c1-4-5-12-30-17-9-7-6-8-15(17)14-20-22(27)26-23(31-20)24-21(25-26)16-10-11-18(28-2)19(13-16)29-3/h6-11,13-14H,4-5,12H2,1-3H3/b20-14-. The normalized spacial score (nSPS) is 11.8. The second-order valence-electron chi connectivity index (χ2n) is 6.86. The first kappa shape index (κ1) is 20.9. The molecular formula is C23H23N3O4S. The summed E-state index contributed by atoms with van der Waals surface area (Å²) in [5.74, 6) is 2.42. The first-order chi connectivity index (χ1) is 15.1. The number of methoxy groups -OCH3 is 2. The maximum atomic E-state index is 12.9. The lowest BCUT2D eigenvalue weighted by molar-refractivity contribution is 0.309. The Kier molecular flexibility index (Phi) is 6.18. The van der Waals surface area contributed by atoms with Crippen LogP contribution in [0.25, 0.3) is 22.4 Å². The van der Waals surface area contributed by atoms with Crippen LogP contribution in [0.5, 0.6) is 17.2 Å². The minimum Gasteiger partial charge on any atom is -0.493 e. The predicted molar refractivity (Wildman–Crippen MR) is 121 cm³/mol. The fraction of sp³-hybridized carbons (Fsp3) is 0.261. The van der Waals surface area contributed by atoms with Crippen LogP contribution < -0.4 is 24.3 Å². The maximum absolute atomic E-state index is 12.9. The minimum atomic E-state index is -0.206. The SMILES string of the molecule is CCCCOc1ccccc1/C=c1\sc2nc(-c3ccc(OC)c(OC)c3)nn2c1=O. The number of hydrogen-bond donors (Lipinski definition) is 0. The molecule has 0 saturated carbocycles. The van der Waals surface area contributed by atoms with Gasteiger partial charge in [0.15, 0.2) is 17.3 Å². The van der Waals surface area contributed by atoms with Gasteiger partial charge in [-0.1, -0.05) is 42.9 Å². The average Bonchev–Trinajstić information content (AvgIpc) is 3.34. The number of para-hydroxylation sites is 1. The summed E-state index contributed by atoms with van der Waals surface area (Å²) >= 11 is 1.30. The van der Waals surface area contributed by atoms with E-state index in [-0.39, 0.29) is 5.56 Å². The lowest BCUT2D eigenvalue weighted by atomic mass is 10.2. The van der Waals surface area contributed by atoms with Crippen LogP contribution in [-0.2, 0) is 0 Å². The van der Waals surface area contributed by atoms with Crippen LogP contribution in [0.3, 0.4) is 0 Å². The van der Waals surface area contributed by atoms with Crippen molar-refractivity contribution in [1.29, 1.82) is 0 Å². The van der Waals surface area contributed by atoms with Gasteiger partial charge in [-0.25, -0.2) is 0 Å². The van der Waals surface area contributed by atoms with E-state index >= 15 is 0 Å². The molecule has 2 aromatic heterocycles. The van der Waals surface area contributed by atoms with Crippen LogP contribution in [0.15, 0.2) is 47.3 Å². The van der Waals surface area contributed by atoms with Gasteiger partial charge in [0.1, 0.15) is 5.75 Å². The lowest BCUT2D eigenvalue weighted by Gasteiger charge is -2.08. The fourth-order valence-electron chi connectivity index (χ4n) is 3.13. The highest BCUT2D eigenvalue weighted by molar-refractivity contribution is 7.15. The molecule has 0 saturated heterocycles. The number of aromatic nitrogens is 3. The Balaban J connectivity index is 1.70. The number of nitrogens with zero attached hydrogens (tertiary/aromatic N) is 3. The zero-order valence-corrected chi connectivity index (χ0v) is 18.4. The van der Waals surface area contributed by atoms with Crippen LogP contribution in [0.2, 0.25) is 0 Å². The maximum Gasteiger partial charge on any atom is 0.291 e. The molecule has 2 aromatic carbocycles. The summed E-state index contributed by atoms with van der Waals surface area (Å²) in [5, 5.41) is 4.41. The van der Waals surface area contributed by atoms with E-state index in [0.29, 0.717) is 33.4 Å². The number of rotatable bonds is 8. The molecule has 4 rings (SSSR count). The van der Waals surface area contributed by atoms with E-state index in [1.807, 2.05) is 36.4 Å². The number of thiazole rings is 1. The number of hydrogen-bond acceptors (Lipinski definition) is 7. The van der Waals surface area contributed by atoms with Crippen LogP contribution >= 0.6 is 11.3 Å². The van der Waals surface area contributed by atoms with Crippen LogP contribution in [0, 0.1) is 0 Å². The average molecular weight is 438 g/mol. The fourth-order valence-corrected chi connectivity index (χ4v) is 4.03. The molecule has 0 radical (unpaired) electrons. The molecule has 0 amide bonds. The zero-order chi connectivity index (χ0) is 21.8. The topological polar surface area (TPSA) is 74.9 Å². The molecule has 0 atom stereocenters. The van der Waals surface area contributed by atoms with Gasteiger partial charge in [0.05, 0.1) is 25.4 Å². The molecule has 7 nitrogen and oxygen atoms in total. The smallest absolute Gasteiger partial charge is 0.291 e. The van der Waals surface area contributed by atoms with E-state index in [4.69, 9.17) is 14.2 Å². The summed E-state index contributed by atoms with van der Waals surface area (Å²) in [6.45, 7) is 2.77. The molecule has 0 aliphatic rings. The largest absolute Gasteiger partial charge is 0.493 e. The summed E-state index contributed by atoms with van der Waals surface area (Å²) in [5.41, 5.74) is 1.40. The number of fused-ring (bicyclic) bond motifs is 1. The van der Waals surface area contributed by atoms with Gasteiger partial charge in [0.2, 0.25) is 4.96 Å². The molecule has 4 aromatic rings. The third-order valence-corrected chi connectivity index (χ3v) is 5.74. The molecule has 8 heteroatoms. The van der Waals surface area contributed by atoms with Gasteiger partial charge >= 0.3 is 0 Å². The third kappa shape index (κ3) is 4.25. The van der Waals surface area contributed by atoms with Gasteiger partial charge in [-0.3, -0.25) is 4.79 Å². The van der Waals surface area contributed by atoms with Gasteiger partial charge < -0.3 is 14.2 Å². The molecule has 0 N–H and O–H groups in total. The van der Waals surface area contributed by atoms with Crippen LogP contribution in [0.1, 0.15) is 25.3 Å². The van der Waals surface area contributed by atoms with Crippen molar-refractivity contribution in [2.24, 2.45) is 0 Å². The summed E-state index contributed by atoms with van der Waals surface area (Å²) in [7, 11) is 3.15. The number of ether oxygens (including phenoxy) is 3. The number of unbranched alkanes of at least 4 members (excludes halogenated alkanes) is 1. The summed E-state index contributed by atoms with van der Waals surface area (Å²) in [4.78, 5) is 18.0. The second kappa shape index (κ2) is 9.18. The van der Waals surface area contributed by atoms with Crippen molar-refractivity contribution >= 4 is 22.4 Å². The Morgan fingerprint density at radius 3 is 2.61 bits per heavy atom. The molecule has 0 fully saturated rings. The van der Waals surface area contributed by atoms with E-state index in [1.165, 1.54) is 15.9 Å². The van der Waals surface area contributed by atoms with E-state index in [9.17, 15) is 4.79 Å². The van der Waals surface area contributed by atoms with Gasteiger partial charge in [-0.2, -0.15) is 9.50 Å². The van der Waals surface area contributed by atoms with Crippen LogP contribution in [-0.4, -0.2) is 35.4 Å². The van der Waals surface area contributed by atoms with Crippen molar-refractivity contribution in [3.63, 3.8) is 0 Å². The molecule has 0 spiro atoms. The second-order valence-corrected chi connectivity index (χ2v) is 7.86. The quantitative estimate of drug-likeness (QED) is 0.393. The number of benzene rings is 2. The lowest BCUT2D eigenvalue weighted by Crippen LogP contribution is -2.23. The molecule has 0 bridgehead atoms. The third-order valence-electron chi connectivity index (χ3n) is 4.78. The van der Waals surface area contributed by atoms with E-state index in [2.05, 4.69) is 17.0 Å². The highest BCUT2D eigenvalue weighted by Gasteiger charge is 2.14. The molecule has 0 aliphatic carbocycles. The predicted octanol–water partition coefficient (Wildman–Crippen LogP) is 3.56. The molecule has 0 unspecified atom stereocenters. The van der Waals surface area contributed by atoms with Crippen LogP contribution in [0.4, 0.5) is 0 Å². The van der Waals surface area contributed by atoms with Gasteiger partial charge in [-0.05, 0) is 36.8 Å². The Bertz CT molecular complexity index is 1310. The Morgan fingerprint density at radius 1 is 1.06 bits per heavy atom. The van der Waals surface area contributed by atoms with Crippen molar-refractivity contribution in [3.8, 4) is 28.6 Å². The zero-order valence-electron chi connectivity index (χ0n) is 17.6. The van der Waals surface area contributed by atoms with E-state index in [0.717, 1.165) is 29.7 Å². The van der Waals surface area contributed by atoms with Crippen molar-refractivity contribution in [3.05, 3.63) is 62.9 Å². The first-order valence-electron chi connectivity index (χ1n) is 10.00. The van der Waals surface area contributed by atoms with Crippen molar-refractivity contribution < 1.29 is 14.2 Å². The molecule has 160 valence electrons. The Hall–Kier alpha value is -3.39. The van der Waals surface area contributed by atoms with Crippen molar-refractivity contribution in [2.75, 3.05) is 20.8 Å². The molecule has 31 heavy (non-hydrogen) atoms. The highest BCUT2D eigenvalue weighted by atomic mass is 32.1. The Labute approximate surface area is 183 Å². The van der Waals surface area contributed by atoms with E-state index in [1.54, 1.807) is 26.4 Å². The summed E-state index contributed by atoms with van der Waals surface area (Å²) < 4.78 is 18.4. The Morgan fingerprint density at radius 2 is 1.87 bits per heavy atom. The monoisotopic (exact) mass is 437 g/mol. The minimum absolute atomic E-state index is 0.206. The summed E-state index contributed by atoms with van der Waals surface area (Å²) in [6.07, 6.45) is 3.88. The molecule has 0 aliphatic heterocycles. The van der Waals surface area contributed by atoms with E-state index < -0.39 is 0 Å². The molecule has 2 heterocycles. The highest BCUT2D eigenvalue weighted by Crippen LogP contribution is 2.31. The first-order valence-corrected chi connectivity index (χ1v) is 10.8. The van der Waals surface area contributed by atoms with Gasteiger partial charge in [0.25, 0.3) is 5.56 Å². The molecular weight excluding hydrogens is 414 g/mol. The van der Waals surface area contributed by atoms with Crippen molar-refractivity contribution in [2.45, 2.75) is 19.8 Å². The van der Waals surface area contributed by atoms with Gasteiger partial charge in [-0.15, -0.1) is 5.10 Å². The summed E-state index contributed by atoms with van der Waals surface area (Å²) in [6, 6.07) is 13.1. The van der Waals surface area contributed by atoms with Crippen molar-refractivity contribution in [1.82, 2.24) is 14.6 Å².